The zero-order valence-corrected chi connectivity index (χ0v) is 8.07. The van der Waals surface area contributed by atoms with Gasteiger partial charge in [-0.3, -0.25) is 0 Å². The monoisotopic (exact) mass is 191 g/mol. The van der Waals surface area contributed by atoms with Crippen LogP contribution in [0.2, 0.25) is 0 Å². The van der Waals surface area contributed by atoms with E-state index in [2.05, 4.69) is 0 Å². The minimum Gasteiger partial charge on any atom is -0.454 e. The van der Waals surface area contributed by atoms with Crippen molar-refractivity contribution in [2.75, 3.05) is 6.79 Å². The lowest BCUT2D eigenvalue weighted by molar-refractivity contribution is 0.174. The van der Waals surface area contributed by atoms with Gasteiger partial charge in [0.15, 0.2) is 11.5 Å². The molecule has 1 aliphatic heterocycles. The standard InChI is InChI=1S/C11H13NO2/c1-2-3-9(12)8-4-5-10-11(6-8)14-7-13-10/h2-6,9H,7,12H2,1H3/b3-2+/t9-/m1/s1. The molecule has 0 saturated carbocycles. The Morgan fingerprint density at radius 2 is 2.14 bits per heavy atom. The average molecular weight is 191 g/mol. The first kappa shape index (κ1) is 9.09. The smallest absolute Gasteiger partial charge is 0.231 e. The molecule has 3 nitrogen and oxygen atoms in total. The molecule has 0 amide bonds. The van der Waals surface area contributed by atoms with Crippen LogP contribution < -0.4 is 15.2 Å². The van der Waals surface area contributed by atoms with Crippen molar-refractivity contribution in [2.24, 2.45) is 5.73 Å². The molecule has 0 radical (unpaired) electrons. The Bertz CT molecular complexity index is 360. The molecular formula is C11H13NO2. The van der Waals surface area contributed by atoms with E-state index in [1.54, 1.807) is 0 Å². The maximum Gasteiger partial charge on any atom is 0.231 e. The first-order valence-corrected chi connectivity index (χ1v) is 4.59. The summed E-state index contributed by atoms with van der Waals surface area (Å²) >= 11 is 0. The molecule has 2 N–H and O–H groups in total. The van der Waals surface area contributed by atoms with Crippen molar-refractivity contribution < 1.29 is 9.47 Å². The molecule has 0 aliphatic carbocycles. The molecule has 1 aromatic carbocycles. The molecule has 14 heavy (non-hydrogen) atoms. The number of hydrogen-bond donors (Lipinski definition) is 1. The lowest BCUT2D eigenvalue weighted by atomic mass is 10.1. The molecule has 1 atom stereocenters. The SMILES string of the molecule is C/C=C/[C@@H](N)c1ccc2c(c1)OCO2. The Hall–Kier alpha value is -1.48. The fraction of sp³-hybridized carbons (Fsp3) is 0.273. The summed E-state index contributed by atoms with van der Waals surface area (Å²) in [5.74, 6) is 1.57. The minimum absolute atomic E-state index is 0.0745. The van der Waals surface area contributed by atoms with Crippen molar-refractivity contribution in [1.29, 1.82) is 0 Å². The largest absolute Gasteiger partial charge is 0.454 e. The fourth-order valence-electron chi connectivity index (χ4n) is 1.44. The summed E-state index contributed by atoms with van der Waals surface area (Å²) in [7, 11) is 0. The van der Waals surface area contributed by atoms with Crippen LogP contribution in [0.3, 0.4) is 0 Å². The third-order valence-electron chi connectivity index (χ3n) is 2.18. The number of rotatable bonds is 2. The molecule has 0 aromatic heterocycles. The highest BCUT2D eigenvalue weighted by molar-refractivity contribution is 5.45. The minimum atomic E-state index is -0.0745. The molecule has 2 rings (SSSR count). The van der Waals surface area contributed by atoms with Crippen molar-refractivity contribution >= 4 is 0 Å². The van der Waals surface area contributed by atoms with Crippen molar-refractivity contribution in [3.8, 4) is 11.5 Å². The molecule has 1 heterocycles. The maximum absolute atomic E-state index is 5.92. The Labute approximate surface area is 83.1 Å². The van der Waals surface area contributed by atoms with E-state index in [-0.39, 0.29) is 6.04 Å². The topological polar surface area (TPSA) is 44.5 Å². The van der Waals surface area contributed by atoms with E-state index >= 15 is 0 Å². The van der Waals surface area contributed by atoms with Gasteiger partial charge in [-0.25, -0.2) is 0 Å². The van der Waals surface area contributed by atoms with Crippen molar-refractivity contribution in [2.45, 2.75) is 13.0 Å². The van der Waals surface area contributed by atoms with E-state index in [4.69, 9.17) is 15.2 Å². The van der Waals surface area contributed by atoms with Gasteiger partial charge in [0.25, 0.3) is 0 Å². The molecule has 0 unspecified atom stereocenters. The third-order valence-corrected chi connectivity index (χ3v) is 2.18. The number of nitrogens with two attached hydrogens (primary N) is 1. The van der Waals surface area contributed by atoms with E-state index in [1.165, 1.54) is 0 Å². The van der Waals surface area contributed by atoms with Gasteiger partial charge in [-0.2, -0.15) is 0 Å². The van der Waals surface area contributed by atoms with Crippen LogP contribution in [0.5, 0.6) is 11.5 Å². The number of allylic oxidation sites excluding steroid dienone is 1. The Morgan fingerprint density at radius 1 is 1.36 bits per heavy atom. The summed E-state index contributed by atoms with van der Waals surface area (Å²) in [4.78, 5) is 0. The predicted molar refractivity (Wildman–Crippen MR) is 54.3 cm³/mol. The van der Waals surface area contributed by atoms with Crippen LogP contribution in [0.1, 0.15) is 18.5 Å². The summed E-state index contributed by atoms with van der Waals surface area (Å²) in [5.41, 5.74) is 6.95. The Kier molecular flexibility index (Phi) is 2.41. The third kappa shape index (κ3) is 1.59. The molecule has 0 saturated heterocycles. The molecule has 0 bridgehead atoms. The summed E-state index contributed by atoms with van der Waals surface area (Å²) in [6, 6.07) is 5.70. The molecular weight excluding hydrogens is 178 g/mol. The number of fused-ring (bicyclic) bond motifs is 1. The van der Waals surface area contributed by atoms with E-state index in [1.807, 2.05) is 37.3 Å². The fourth-order valence-corrected chi connectivity index (χ4v) is 1.44. The van der Waals surface area contributed by atoms with E-state index in [0.29, 0.717) is 6.79 Å². The number of ether oxygens (including phenoxy) is 2. The van der Waals surface area contributed by atoms with Crippen LogP contribution in [-0.4, -0.2) is 6.79 Å². The van der Waals surface area contributed by atoms with Crippen LogP contribution in [0.4, 0.5) is 0 Å². The normalized spacial score (nSPS) is 16.1. The van der Waals surface area contributed by atoms with Gasteiger partial charge >= 0.3 is 0 Å². The quantitative estimate of drug-likeness (QED) is 0.727. The Morgan fingerprint density at radius 3 is 2.93 bits per heavy atom. The van der Waals surface area contributed by atoms with Crippen molar-refractivity contribution in [3.63, 3.8) is 0 Å². The van der Waals surface area contributed by atoms with Crippen LogP contribution in [0, 0.1) is 0 Å². The van der Waals surface area contributed by atoms with Gasteiger partial charge in [0.05, 0.1) is 0 Å². The van der Waals surface area contributed by atoms with Crippen molar-refractivity contribution in [1.82, 2.24) is 0 Å². The average Bonchev–Trinajstić information content (AvgIpc) is 2.64. The van der Waals surface area contributed by atoms with Crippen LogP contribution in [0.15, 0.2) is 30.4 Å². The van der Waals surface area contributed by atoms with E-state index in [9.17, 15) is 0 Å². The number of hydrogen-bond acceptors (Lipinski definition) is 3. The van der Waals surface area contributed by atoms with Gasteiger partial charge in [0.1, 0.15) is 0 Å². The lowest BCUT2D eigenvalue weighted by Crippen LogP contribution is -2.06. The first-order chi connectivity index (χ1) is 6.81. The van der Waals surface area contributed by atoms with E-state index in [0.717, 1.165) is 17.1 Å². The highest BCUT2D eigenvalue weighted by Gasteiger charge is 2.14. The molecule has 0 spiro atoms. The van der Waals surface area contributed by atoms with Gasteiger partial charge < -0.3 is 15.2 Å². The summed E-state index contributed by atoms with van der Waals surface area (Å²) in [5, 5.41) is 0. The van der Waals surface area contributed by atoms with Crippen LogP contribution in [0.25, 0.3) is 0 Å². The van der Waals surface area contributed by atoms with Gasteiger partial charge in [-0.05, 0) is 24.6 Å². The van der Waals surface area contributed by atoms with Crippen molar-refractivity contribution in [3.05, 3.63) is 35.9 Å². The zero-order chi connectivity index (χ0) is 9.97. The molecule has 1 aliphatic rings. The van der Waals surface area contributed by atoms with E-state index < -0.39 is 0 Å². The zero-order valence-electron chi connectivity index (χ0n) is 8.07. The molecule has 1 aromatic rings. The predicted octanol–water partition coefficient (Wildman–Crippen LogP) is 1.99. The Balaban J connectivity index is 2.28. The first-order valence-electron chi connectivity index (χ1n) is 4.59. The van der Waals surface area contributed by atoms with Gasteiger partial charge in [-0.15, -0.1) is 0 Å². The van der Waals surface area contributed by atoms with Gasteiger partial charge in [0, 0.05) is 6.04 Å². The molecule has 0 fully saturated rings. The second kappa shape index (κ2) is 3.72. The van der Waals surface area contributed by atoms with Gasteiger partial charge in [0.2, 0.25) is 6.79 Å². The maximum atomic E-state index is 5.92. The molecule has 3 heteroatoms. The van der Waals surface area contributed by atoms with Crippen LogP contribution >= 0.6 is 0 Å². The summed E-state index contributed by atoms with van der Waals surface area (Å²) < 4.78 is 10.5. The lowest BCUT2D eigenvalue weighted by Gasteiger charge is -2.07. The van der Waals surface area contributed by atoms with Crippen LogP contribution in [-0.2, 0) is 0 Å². The second-order valence-corrected chi connectivity index (χ2v) is 3.16. The van der Waals surface area contributed by atoms with Gasteiger partial charge in [-0.1, -0.05) is 18.2 Å². The highest BCUT2D eigenvalue weighted by atomic mass is 16.7. The highest BCUT2D eigenvalue weighted by Crippen LogP contribution is 2.33. The molecule has 74 valence electrons. The summed E-state index contributed by atoms with van der Waals surface area (Å²) in [6.07, 6.45) is 3.88. The second-order valence-electron chi connectivity index (χ2n) is 3.16. The summed E-state index contributed by atoms with van der Waals surface area (Å²) in [6.45, 7) is 2.25. The number of benzene rings is 1.